The molecule has 1 rings (SSSR count). The average Bonchev–Trinajstić information content (AvgIpc) is 2.47. The smallest absolute Gasteiger partial charge is 0.332 e. The molecule has 3 N–H and O–H groups in total. The van der Waals surface area contributed by atoms with E-state index in [0.29, 0.717) is 0 Å². The summed E-state index contributed by atoms with van der Waals surface area (Å²) < 4.78 is 0. The van der Waals surface area contributed by atoms with E-state index in [1.807, 2.05) is 0 Å². The first kappa shape index (κ1) is 9.88. The molecule has 0 amide bonds. The summed E-state index contributed by atoms with van der Waals surface area (Å²) >= 11 is 0. The third-order valence-corrected chi connectivity index (χ3v) is 2.15. The van der Waals surface area contributed by atoms with Gasteiger partial charge in [-0.3, -0.25) is 10.1 Å². The molecular weight excluding hydrogens is 174 g/mol. The normalized spacial score (nSPS) is 32.8. The molecule has 0 spiro atoms. The molecule has 13 heavy (non-hydrogen) atoms. The second-order valence-corrected chi connectivity index (χ2v) is 3.02. The van der Waals surface area contributed by atoms with E-state index >= 15 is 0 Å². The summed E-state index contributed by atoms with van der Waals surface area (Å²) in [6, 6.07) is 0. The predicted molar refractivity (Wildman–Crippen MR) is 44.2 cm³/mol. The summed E-state index contributed by atoms with van der Waals surface area (Å²) in [5, 5.41) is 20.5. The van der Waals surface area contributed by atoms with E-state index in [0.717, 1.165) is 6.08 Å². The number of carbonyl (C=O) groups is 2. The first-order valence-electron chi connectivity index (χ1n) is 3.86. The summed E-state index contributed by atoms with van der Waals surface area (Å²) in [4.78, 5) is 22.1. The van der Waals surface area contributed by atoms with Gasteiger partial charge in [0.25, 0.3) is 0 Å². The zero-order valence-electron chi connectivity index (χ0n) is 6.99. The van der Waals surface area contributed by atoms with Gasteiger partial charge in [-0.1, -0.05) is 6.58 Å². The van der Waals surface area contributed by atoms with E-state index < -0.39 is 23.4 Å². The molecule has 0 bridgehead atoms. The Labute approximate surface area is 75.1 Å². The van der Waals surface area contributed by atoms with E-state index in [1.54, 1.807) is 0 Å². The van der Waals surface area contributed by atoms with Crippen molar-refractivity contribution < 1.29 is 19.8 Å². The van der Waals surface area contributed by atoms with Gasteiger partial charge in [0.15, 0.2) is 11.3 Å². The van der Waals surface area contributed by atoms with Crippen molar-refractivity contribution in [1.82, 2.24) is 5.32 Å². The summed E-state index contributed by atoms with van der Waals surface area (Å²) in [7, 11) is 0. The van der Waals surface area contributed by atoms with Gasteiger partial charge in [-0.15, -0.1) is 0 Å². The first-order valence-corrected chi connectivity index (χ1v) is 3.86. The number of β-amino-alcohol motifs (C(OH)–C–C–N with tert-alkyl or cyclic N) is 1. The van der Waals surface area contributed by atoms with E-state index in [1.165, 1.54) is 0 Å². The Kier molecular flexibility index (Phi) is 2.49. The number of aliphatic hydroxyl groups excluding tert-OH is 1. The minimum Gasteiger partial charge on any atom is -0.480 e. The van der Waals surface area contributed by atoms with Crippen LogP contribution >= 0.6 is 0 Å². The molecule has 1 heterocycles. The minimum atomic E-state index is -1.67. The molecule has 5 nitrogen and oxygen atoms in total. The molecule has 5 heteroatoms. The van der Waals surface area contributed by atoms with Crippen molar-refractivity contribution >= 4 is 11.8 Å². The standard InChI is InChI=1S/C8H11NO4/c1-2-6(11)8(7(12)13)3-5(10)4-9-8/h2,5,9-10H,1,3-4H2,(H,12,13)/t5?,8-/m1/s1. The SMILES string of the molecule is C=CC(=O)[C@@]1(C(=O)O)CC(O)CN1. The van der Waals surface area contributed by atoms with Crippen LogP contribution in [0.2, 0.25) is 0 Å². The minimum absolute atomic E-state index is 0.104. The van der Waals surface area contributed by atoms with Crippen molar-refractivity contribution in [3.05, 3.63) is 12.7 Å². The first-order chi connectivity index (χ1) is 6.03. The van der Waals surface area contributed by atoms with Crippen LogP contribution < -0.4 is 5.32 Å². The van der Waals surface area contributed by atoms with Crippen LogP contribution in [0.3, 0.4) is 0 Å². The highest BCUT2D eigenvalue weighted by molar-refractivity contribution is 6.13. The molecule has 0 aromatic rings. The Hall–Kier alpha value is -1.20. The fourth-order valence-corrected chi connectivity index (χ4v) is 1.42. The Morgan fingerprint density at radius 1 is 1.62 bits per heavy atom. The second kappa shape index (κ2) is 3.27. The van der Waals surface area contributed by atoms with E-state index in [4.69, 9.17) is 10.2 Å². The number of carbonyl (C=O) groups excluding carboxylic acids is 1. The molecule has 2 atom stereocenters. The van der Waals surface area contributed by atoms with Gasteiger partial charge < -0.3 is 10.2 Å². The molecule has 1 aliphatic rings. The van der Waals surface area contributed by atoms with E-state index in [2.05, 4.69) is 11.9 Å². The van der Waals surface area contributed by atoms with Crippen LogP contribution in [0.15, 0.2) is 12.7 Å². The number of carboxylic acids is 1. The average molecular weight is 185 g/mol. The zero-order chi connectivity index (χ0) is 10.1. The quantitative estimate of drug-likeness (QED) is 0.384. The third kappa shape index (κ3) is 1.48. The number of aliphatic hydroxyl groups is 1. The maximum atomic E-state index is 11.3. The van der Waals surface area contributed by atoms with Crippen LogP contribution in [-0.2, 0) is 9.59 Å². The lowest BCUT2D eigenvalue weighted by Gasteiger charge is -2.20. The Morgan fingerprint density at radius 3 is 2.54 bits per heavy atom. The highest BCUT2D eigenvalue weighted by atomic mass is 16.4. The fraction of sp³-hybridized carbons (Fsp3) is 0.500. The molecule has 0 saturated carbocycles. The van der Waals surface area contributed by atoms with Gasteiger partial charge in [-0.25, -0.2) is 4.79 Å². The number of rotatable bonds is 3. The fourth-order valence-electron chi connectivity index (χ4n) is 1.42. The van der Waals surface area contributed by atoms with Gasteiger partial charge in [0.2, 0.25) is 0 Å². The second-order valence-electron chi connectivity index (χ2n) is 3.02. The van der Waals surface area contributed by atoms with Gasteiger partial charge in [-0.2, -0.15) is 0 Å². The summed E-state index contributed by atoms with van der Waals surface area (Å²) in [6.07, 6.45) is 0.0619. The number of carboxylic acid groups (broad SMARTS) is 1. The van der Waals surface area contributed by atoms with Crippen molar-refractivity contribution in [1.29, 1.82) is 0 Å². The Morgan fingerprint density at radius 2 is 2.23 bits per heavy atom. The van der Waals surface area contributed by atoms with Crippen molar-refractivity contribution in [3.63, 3.8) is 0 Å². The summed E-state index contributed by atoms with van der Waals surface area (Å²) in [5.74, 6) is -1.88. The number of ketones is 1. The summed E-state index contributed by atoms with van der Waals surface area (Å²) in [5.41, 5.74) is -1.67. The topological polar surface area (TPSA) is 86.6 Å². The van der Waals surface area contributed by atoms with Gasteiger partial charge >= 0.3 is 5.97 Å². The number of nitrogens with one attached hydrogen (secondary N) is 1. The molecule has 1 fully saturated rings. The molecule has 72 valence electrons. The van der Waals surface area contributed by atoms with Gasteiger partial charge in [0.05, 0.1) is 6.10 Å². The molecule has 1 aliphatic heterocycles. The third-order valence-electron chi connectivity index (χ3n) is 2.15. The molecule has 0 radical (unpaired) electrons. The van der Waals surface area contributed by atoms with Crippen LogP contribution in [-0.4, -0.2) is 40.2 Å². The number of hydrogen-bond donors (Lipinski definition) is 3. The molecule has 0 aliphatic carbocycles. The Balaban J connectivity index is 2.96. The van der Waals surface area contributed by atoms with Gasteiger partial charge in [-0.05, 0) is 6.08 Å². The monoisotopic (exact) mass is 185 g/mol. The largest absolute Gasteiger partial charge is 0.480 e. The van der Waals surface area contributed by atoms with Gasteiger partial charge in [0.1, 0.15) is 0 Å². The lowest BCUT2D eigenvalue weighted by atomic mass is 9.91. The highest BCUT2D eigenvalue weighted by Crippen LogP contribution is 2.21. The molecule has 1 saturated heterocycles. The van der Waals surface area contributed by atoms with Crippen molar-refractivity contribution in [2.75, 3.05) is 6.54 Å². The lowest BCUT2D eigenvalue weighted by molar-refractivity contribution is -0.148. The molecule has 0 aromatic carbocycles. The molecule has 0 aromatic heterocycles. The van der Waals surface area contributed by atoms with Crippen LogP contribution in [0.25, 0.3) is 0 Å². The van der Waals surface area contributed by atoms with Crippen LogP contribution in [0.4, 0.5) is 0 Å². The van der Waals surface area contributed by atoms with Crippen LogP contribution in [0, 0.1) is 0 Å². The summed E-state index contributed by atoms with van der Waals surface area (Å²) in [6.45, 7) is 3.34. The van der Waals surface area contributed by atoms with Crippen molar-refractivity contribution in [2.45, 2.75) is 18.1 Å². The maximum Gasteiger partial charge on any atom is 0.332 e. The van der Waals surface area contributed by atoms with E-state index in [9.17, 15) is 9.59 Å². The van der Waals surface area contributed by atoms with Gasteiger partial charge in [0, 0.05) is 13.0 Å². The number of hydrogen-bond acceptors (Lipinski definition) is 4. The molecular formula is C8H11NO4. The number of aliphatic carboxylic acids is 1. The Bertz CT molecular complexity index is 263. The lowest BCUT2D eigenvalue weighted by Crippen LogP contribution is -2.53. The molecule has 1 unspecified atom stereocenters. The van der Waals surface area contributed by atoms with Crippen molar-refractivity contribution in [2.24, 2.45) is 0 Å². The van der Waals surface area contributed by atoms with Crippen LogP contribution in [0.1, 0.15) is 6.42 Å². The van der Waals surface area contributed by atoms with E-state index in [-0.39, 0.29) is 13.0 Å². The highest BCUT2D eigenvalue weighted by Gasteiger charge is 2.49. The maximum absolute atomic E-state index is 11.3. The van der Waals surface area contributed by atoms with Crippen LogP contribution in [0.5, 0.6) is 0 Å². The van der Waals surface area contributed by atoms with Crippen molar-refractivity contribution in [3.8, 4) is 0 Å². The zero-order valence-corrected chi connectivity index (χ0v) is 6.99. The predicted octanol–water partition coefficient (Wildman–Crippen LogP) is -1.08.